The lowest BCUT2D eigenvalue weighted by atomic mass is 10.1. The number of anilines is 1. The lowest BCUT2D eigenvalue weighted by Crippen LogP contribution is -2.47. The molecule has 2 heterocycles. The number of piperazine rings is 1. The molecule has 0 aliphatic carbocycles. The molecular formula is C22H24N4O2. The minimum absolute atomic E-state index is 0.223. The maximum Gasteiger partial charge on any atom is 0.302 e. The van der Waals surface area contributed by atoms with E-state index in [1.165, 1.54) is 6.92 Å². The number of nitrogens with zero attached hydrogens (tertiary/aromatic N) is 4. The largest absolute Gasteiger partial charge is 0.465 e. The average Bonchev–Trinajstić information content (AvgIpc) is 2.74. The monoisotopic (exact) mass is 376 g/mol. The molecule has 1 fully saturated rings. The second kappa shape index (κ2) is 8.35. The lowest BCUT2D eigenvalue weighted by molar-refractivity contribution is -0.141. The number of esters is 1. The summed E-state index contributed by atoms with van der Waals surface area (Å²) in [5.41, 5.74) is 1.98. The molecule has 2 aromatic carbocycles. The highest BCUT2D eigenvalue weighted by molar-refractivity contribution is 5.91. The Hall–Kier alpha value is -2.99. The van der Waals surface area contributed by atoms with Crippen LogP contribution < -0.4 is 4.90 Å². The van der Waals surface area contributed by atoms with Crippen molar-refractivity contribution < 1.29 is 9.53 Å². The van der Waals surface area contributed by atoms with Gasteiger partial charge in [-0.05, 0) is 12.1 Å². The molecule has 28 heavy (non-hydrogen) atoms. The molecule has 6 heteroatoms. The van der Waals surface area contributed by atoms with Crippen LogP contribution in [0.1, 0.15) is 6.92 Å². The Morgan fingerprint density at radius 3 is 2.43 bits per heavy atom. The van der Waals surface area contributed by atoms with Crippen molar-refractivity contribution in [2.75, 3.05) is 44.2 Å². The molecule has 6 nitrogen and oxygen atoms in total. The Kier molecular flexibility index (Phi) is 5.48. The van der Waals surface area contributed by atoms with Gasteiger partial charge in [-0.1, -0.05) is 42.5 Å². The van der Waals surface area contributed by atoms with Gasteiger partial charge in [-0.15, -0.1) is 0 Å². The molecule has 0 bridgehead atoms. The summed E-state index contributed by atoms with van der Waals surface area (Å²) in [6, 6.07) is 18.3. The van der Waals surface area contributed by atoms with Crippen LogP contribution >= 0.6 is 0 Å². The predicted octanol–water partition coefficient (Wildman–Crippen LogP) is 2.98. The fraction of sp³-hybridized carbons (Fsp3) is 0.318. The molecule has 4 rings (SSSR count). The predicted molar refractivity (Wildman–Crippen MR) is 110 cm³/mol. The SMILES string of the molecule is CC(=O)OCCN1CCN(c2nc(-c3ccccc3)nc3ccccc23)CC1. The Balaban J connectivity index is 1.56. The van der Waals surface area contributed by atoms with Gasteiger partial charge in [0.2, 0.25) is 0 Å². The van der Waals surface area contributed by atoms with E-state index in [0.29, 0.717) is 6.61 Å². The normalized spacial score (nSPS) is 15.0. The third kappa shape index (κ3) is 4.12. The first-order chi connectivity index (χ1) is 13.7. The van der Waals surface area contributed by atoms with Gasteiger partial charge in [0.05, 0.1) is 5.52 Å². The molecule has 1 aliphatic rings. The number of hydrogen-bond donors (Lipinski definition) is 0. The van der Waals surface area contributed by atoms with Gasteiger partial charge >= 0.3 is 5.97 Å². The quantitative estimate of drug-likeness (QED) is 0.638. The zero-order chi connectivity index (χ0) is 19.3. The number of ether oxygens (including phenoxy) is 1. The molecule has 3 aromatic rings. The molecule has 1 aromatic heterocycles. The van der Waals surface area contributed by atoms with E-state index >= 15 is 0 Å². The molecule has 0 amide bonds. The number of carbonyl (C=O) groups is 1. The van der Waals surface area contributed by atoms with Crippen LogP contribution in [0.3, 0.4) is 0 Å². The summed E-state index contributed by atoms with van der Waals surface area (Å²) in [5.74, 6) is 1.52. The van der Waals surface area contributed by atoms with Crippen molar-refractivity contribution in [2.45, 2.75) is 6.92 Å². The van der Waals surface area contributed by atoms with E-state index < -0.39 is 0 Å². The van der Waals surface area contributed by atoms with Crippen molar-refractivity contribution in [3.8, 4) is 11.4 Å². The number of carbonyl (C=O) groups excluding carboxylic acids is 1. The zero-order valence-corrected chi connectivity index (χ0v) is 16.0. The molecular weight excluding hydrogens is 352 g/mol. The number of benzene rings is 2. The summed E-state index contributed by atoms with van der Waals surface area (Å²) in [5, 5.41) is 1.08. The Bertz CT molecular complexity index is 953. The number of rotatable bonds is 5. The van der Waals surface area contributed by atoms with Crippen molar-refractivity contribution in [3.63, 3.8) is 0 Å². The fourth-order valence-corrected chi connectivity index (χ4v) is 3.52. The molecule has 1 saturated heterocycles. The van der Waals surface area contributed by atoms with E-state index in [4.69, 9.17) is 14.7 Å². The maximum absolute atomic E-state index is 10.9. The number of hydrogen-bond acceptors (Lipinski definition) is 6. The van der Waals surface area contributed by atoms with Crippen molar-refractivity contribution >= 4 is 22.7 Å². The lowest BCUT2D eigenvalue weighted by Gasteiger charge is -2.35. The number of fused-ring (bicyclic) bond motifs is 1. The van der Waals surface area contributed by atoms with Gasteiger partial charge in [0.1, 0.15) is 12.4 Å². The van der Waals surface area contributed by atoms with Gasteiger partial charge in [-0.25, -0.2) is 9.97 Å². The van der Waals surface area contributed by atoms with Gasteiger partial charge < -0.3 is 9.64 Å². The van der Waals surface area contributed by atoms with Crippen LogP contribution in [0.25, 0.3) is 22.3 Å². The minimum Gasteiger partial charge on any atom is -0.465 e. The summed E-state index contributed by atoms with van der Waals surface area (Å²) in [6.07, 6.45) is 0. The summed E-state index contributed by atoms with van der Waals surface area (Å²) in [6.45, 7) is 6.27. The molecule has 0 N–H and O–H groups in total. The first-order valence-electron chi connectivity index (χ1n) is 9.63. The van der Waals surface area contributed by atoms with E-state index in [-0.39, 0.29) is 5.97 Å². The molecule has 1 aliphatic heterocycles. The highest BCUT2D eigenvalue weighted by atomic mass is 16.5. The van der Waals surface area contributed by atoms with Crippen molar-refractivity contribution in [2.24, 2.45) is 0 Å². The topological polar surface area (TPSA) is 58.6 Å². The summed E-state index contributed by atoms with van der Waals surface area (Å²) < 4.78 is 5.06. The van der Waals surface area contributed by atoms with Crippen LogP contribution in [0.5, 0.6) is 0 Å². The first kappa shape index (κ1) is 18.4. The smallest absolute Gasteiger partial charge is 0.302 e. The number of aromatic nitrogens is 2. The Labute approximate surface area is 164 Å². The zero-order valence-electron chi connectivity index (χ0n) is 16.0. The molecule has 0 spiro atoms. The third-order valence-corrected chi connectivity index (χ3v) is 5.00. The fourth-order valence-electron chi connectivity index (χ4n) is 3.52. The number of para-hydroxylation sites is 1. The standard InChI is InChI=1S/C22H24N4O2/c1-17(27)28-16-15-25-11-13-26(14-12-25)22-19-9-5-6-10-20(19)23-21(24-22)18-7-3-2-4-8-18/h2-10H,11-16H2,1H3. The maximum atomic E-state index is 10.9. The summed E-state index contributed by atoms with van der Waals surface area (Å²) in [7, 11) is 0. The van der Waals surface area contributed by atoms with Gasteiger partial charge in [-0.3, -0.25) is 9.69 Å². The Morgan fingerprint density at radius 1 is 0.964 bits per heavy atom. The van der Waals surface area contributed by atoms with Crippen molar-refractivity contribution in [3.05, 3.63) is 54.6 Å². The van der Waals surface area contributed by atoms with Gasteiger partial charge in [0.15, 0.2) is 5.82 Å². The van der Waals surface area contributed by atoms with E-state index in [1.54, 1.807) is 0 Å². The van der Waals surface area contributed by atoms with E-state index in [2.05, 4.69) is 15.9 Å². The van der Waals surface area contributed by atoms with Crippen molar-refractivity contribution in [1.82, 2.24) is 14.9 Å². The van der Waals surface area contributed by atoms with Crippen LogP contribution in [0, 0.1) is 0 Å². The Morgan fingerprint density at radius 2 is 1.68 bits per heavy atom. The van der Waals surface area contributed by atoms with Crippen LogP contribution in [-0.2, 0) is 9.53 Å². The molecule has 0 atom stereocenters. The van der Waals surface area contributed by atoms with Crippen LogP contribution in [0.2, 0.25) is 0 Å². The summed E-state index contributed by atoms with van der Waals surface area (Å²) in [4.78, 5) is 25.3. The second-order valence-corrected chi connectivity index (χ2v) is 6.92. The molecule has 0 unspecified atom stereocenters. The highest BCUT2D eigenvalue weighted by Gasteiger charge is 2.21. The van der Waals surface area contributed by atoms with Crippen molar-refractivity contribution in [1.29, 1.82) is 0 Å². The minimum atomic E-state index is -0.223. The van der Waals surface area contributed by atoms with E-state index in [1.807, 2.05) is 48.5 Å². The third-order valence-electron chi connectivity index (χ3n) is 5.00. The van der Waals surface area contributed by atoms with Crippen LogP contribution in [0.15, 0.2) is 54.6 Å². The van der Waals surface area contributed by atoms with Gasteiger partial charge in [0.25, 0.3) is 0 Å². The van der Waals surface area contributed by atoms with E-state index in [0.717, 1.165) is 60.8 Å². The molecule has 0 saturated carbocycles. The van der Waals surface area contributed by atoms with Gasteiger partial charge in [0, 0.05) is 50.6 Å². The van der Waals surface area contributed by atoms with E-state index in [9.17, 15) is 4.79 Å². The first-order valence-corrected chi connectivity index (χ1v) is 9.63. The molecule has 144 valence electrons. The highest BCUT2D eigenvalue weighted by Crippen LogP contribution is 2.28. The molecule has 0 radical (unpaired) electrons. The van der Waals surface area contributed by atoms with Crippen LogP contribution in [0.4, 0.5) is 5.82 Å². The van der Waals surface area contributed by atoms with Gasteiger partial charge in [-0.2, -0.15) is 0 Å². The average molecular weight is 376 g/mol. The second-order valence-electron chi connectivity index (χ2n) is 6.92. The summed E-state index contributed by atoms with van der Waals surface area (Å²) >= 11 is 0. The van der Waals surface area contributed by atoms with Crippen LogP contribution in [-0.4, -0.2) is 60.2 Å².